The third-order valence-electron chi connectivity index (χ3n) is 4.54. The van der Waals surface area contributed by atoms with E-state index in [-0.39, 0.29) is 5.95 Å². The average Bonchev–Trinajstić information content (AvgIpc) is 2.72. The summed E-state index contributed by atoms with van der Waals surface area (Å²) in [5.74, 6) is 0.938. The van der Waals surface area contributed by atoms with Crippen molar-refractivity contribution in [2.24, 2.45) is 0 Å². The fourth-order valence-corrected chi connectivity index (χ4v) is 2.84. The molecule has 0 saturated heterocycles. The molecule has 7 heteroatoms. The molecule has 29 heavy (non-hydrogen) atoms. The molecule has 4 N–H and O–H groups in total. The normalized spacial score (nSPS) is 10.8. The maximum atomic E-state index is 5.90. The lowest BCUT2D eigenvalue weighted by Crippen LogP contribution is -2.25. The molecule has 0 radical (unpaired) electrons. The van der Waals surface area contributed by atoms with Crippen molar-refractivity contribution in [3.8, 4) is 11.3 Å². The Morgan fingerprint density at radius 2 is 1.76 bits per heavy atom. The lowest BCUT2D eigenvalue weighted by atomic mass is 10.0. The molecule has 0 bridgehead atoms. The molecule has 152 valence electrons. The molecule has 3 rings (SSSR count). The molecule has 1 heterocycles. The van der Waals surface area contributed by atoms with Crippen molar-refractivity contribution >= 4 is 11.8 Å². The topological polar surface area (TPSA) is 94.3 Å². The summed E-state index contributed by atoms with van der Waals surface area (Å²) in [6, 6.07) is 17.9. The minimum atomic E-state index is 0.247. The highest BCUT2D eigenvalue weighted by Crippen LogP contribution is 2.25. The number of nitrogens with two attached hydrogens (primary N) is 1. The van der Waals surface area contributed by atoms with E-state index in [0.717, 1.165) is 16.8 Å². The quantitative estimate of drug-likeness (QED) is 0.210. The number of hydrogen-bond acceptors (Lipinski definition) is 7. The predicted molar refractivity (Wildman–Crippen MR) is 115 cm³/mol. The lowest BCUT2D eigenvalue weighted by molar-refractivity contribution is -0.307. The Labute approximate surface area is 171 Å². The molecule has 0 fully saturated rings. The molecule has 3 aromatic rings. The van der Waals surface area contributed by atoms with E-state index in [1.165, 1.54) is 11.1 Å². The van der Waals surface area contributed by atoms with Gasteiger partial charge in [-0.2, -0.15) is 4.98 Å². The second kappa shape index (κ2) is 10.5. The van der Waals surface area contributed by atoms with Crippen molar-refractivity contribution in [3.63, 3.8) is 0 Å². The molecule has 0 saturated carbocycles. The van der Waals surface area contributed by atoms with Gasteiger partial charge in [-0.1, -0.05) is 48.5 Å². The maximum Gasteiger partial charge on any atom is 0.222 e. The highest BCUT2D eigenvalue weighted by atomic mass is 17.2. The van der Waals surface area contributed by atoms with Crippen LogP contribution in [0.5, 0.6) is 0 Å². The lowest BCUT2D eigenvalue weighted by Gasteiger charge is -2.11. The van der Waals surface area contributed by atoms with Crippen LogP contribution in [0, 0.1) is 13.8 Å². The van der Waals surface area contributed by atoms with Crippen LogP contribution in [0.4, 0.5) is 11.8 Å². The number of nitrogen functional groups attached to an aromatic ring is 1. The number of aryl methyl sites for hydroxylation is 1. The molecule has 0 amide bonds. The van der Waals surface area contributed by atoms with Crippen LogP contribution < -0.4 is 16.4 Å². The van der Waals surface area contributed by atoms with E-state index >= 15 is 0 Å². The van der Waals surface area contributed by atoms with Gasteiger partial charge in [0.15, 0.2) is 0 Å². The molecule has 1 aromatic heterocycles. The summed E-state index contributed by atoms with van der Waals surface area (Å²) in [7, 11) is 0. The molecule has 0 unspecified atom stereocenters. The van der Waals surface area contributed by atoms with Gasteiger partial charge in [0, 0.05) is 24.7 Å². The van der Waals surface area contributed by atoms with Gasteiger partial charge in [-0.15, -0.1) is 0 Å². The molecule has 0 spiro atoms. The van der Waals surface area contributed by atoms with Gasteiger partial charge in [-0.3, -0.25) is 5.32 Å². The second-order valence-corrected chi connectivity index (χ2v) is 6.68. The summed E-state index contributed by atoms with van der Waals surface area (Å²) in [4.78, 5) is 18.9. The molecular formula is C22H27N5O2. The van der Waals surface area contributed by atoms with Gasteiger partial charge in [0.1, 0.15) is 19.2 Å². The van der Waals surface area contributed by atoms with Gasteiger partial charge in [0.2, 0.25) is 5.95 Å². The Bertz CT molecular complexity index is 918. The summed E-state index contributed by atoms with van der Waals surface area (Å²) < 4.78 is 0. The first-order chi connectivity index (χ1) is 14.1. The Morgan fingerprint density at radius 3 is 2.59 bits per heavy atom. The first-order valence-corrected chi connectivity index (χ1v) is 9.57. The second-order valence-electron chi connectivity index (χ2n) is 6.68. The number of nitrogens with zero attached hydrogens (tertiary/aromatic N) is 2. The molecule has 0 aliphatic heterocycles. The standard InChI is InChI=1S/C22H27N5O2/c1-16-7-6-10-19(17(16)2)20-13-21(27-22(23)26-20)25-12-11-24-15-29-28-14-18-8-4-3-5-9-18/h3-10,13,24H,11-12,14-15H2,1-2H3,(H3,23,25,26,27). The van der Waals surface area contributed by atoms with E-state index in [0.29, 0.717) is 32.2 Å². The molecule has 7 nitrogen and oxygen atoms in total. The monoisotopic (exact) mass is 393 g/mol. The Morgan fingerprint density at radius 1 is 0.931 bits per heavy atom. The van der Waals surface area contributed by atoms with E-state index in [2.05, 4.69) is 40.5 Å². The van der Waals surface area contributed by atoms with Gasteiger partial charge in [-0.05, 0) is 30.5 Å². The number of nitrogens with one attached hydrogen (secondary N) is 2. The summed E-state index contributed by atoms with van der Waals surface area (Å²) in [6.45, 7) is 6.22. The Balaban J connectivity index is 1.42. The van der Waals surface area contributed by atoms with Gasteiger partial charge < -0.3 is 11.1 Å². The number of anilines is 2. The summed E-state index contributed by atoms with van der Waals surface area (Å²) >= 11 is 0. The zero-order valence-electron chi connectivity index (χ0n) is 16.8. The largest absolute Gasteiger partial charge is 0.369 e. The van der Waals surface area contributed by atoms with Crippen molar-refractivity contribution in [1.29, 1.82) is 0 Å². The van der Waals surface area contributed by atoms with Gasteiger partial charge in [0.25, 0.3) is 0 Å². The maximum absolute atomic E-state index is 5.90. The van der Waals surface area contributed by atoms with E-state index < -0.39 is 0 Å². The average molecular weight is 393 g/mol. The van der Waals surface area contributed by atoms with E-state index in [4.69, 9.17) is 15.5 Å². The Kier molecular flexibility index (Phi) is 7.52. The first kappa shape index (κ1) is 20.7. The van der Waals surface area contributed by atoms with Crippen molar-refractivity contribution in [2.45, 2.75) is 20.5 Å². The molecule has 0 aliphatic carbocycles. The molecule has 2 aromatic carbocycles. The van der Waals surface area contributed by atoms with Crippen LogP contribution in [0.15, 0.2) is 54.6 Å². The fraction of sp³-hybridized carbons (Fsp3) is 0.273. The predicted octanol–water partition coefficient (Wildman–Crippen LogP) is 3.45. The number of rotatable bonds is 10. The minimum Gasteiger partial charge on any atom is -0.369 e. The van der Waals surface area contributed by atoms with Crippen LogP contribution in [0.1, 0.15) is 16.7 Å². The van der Waals surface area contributed by atoms with Gasteiger partial charge in [0.05, 0.1) is 5.69 Å². The zero-order chi connectivity index (χ0) is 20.5. The SMILES string of the molecule is Cc1cccc(-c2cc(NCCNCOOCc3ccccc3)nc(N)n2)c1C. The van der Waals surface area contributed by atoms with Crippen LogP contribution in [0.2, 0.25) is 0 Å². The molecule has 0 aliphatic rings. The first-order valence-electron chi connectivity index (χ1n) is 9.57. The van der Waals surface area contributed by atoms with Crippen molar-refractivity contribution in [1.82, 2.24) is 15.3 Å². The number of benzene rings is 2. The minimum absolute atomic E-state index is 0.247. The zero-order valence-corrected chi connectivity index (χ0v) is 16.8. The Hall–Kier alpha value is -3.00. The highest BCUT2D eigenvalue weighted by Gasteiger charge is 2.08. The van der Waals surface area contributed by atoms with Gasteiger partial charge in [-0.25, -0.2) is 14.8 Å². The van der Waals surface area contributed by atoms with Gasteiger partial charge >= 0.3 is 0 Å². The summed E-state index contributed by atoms with van der Waals surface area (Å²) in [5, 5.41) is 6.39. The van der Waals surface area contributed by atoms with Crippen molar-refractivity contribution in [3.05, 3.63) is 71.3 Å². The summed E-state index contributed by atoms with van der Waals surface area (Å²) in [6.07, 6.45) is 0. The van der Waals surface area contributed by atoms with E-state index in [1.807, 2.05) is 48.5 Å². The smallest absolute Gasteiger partial charge is 0.222 e. The molecular weight excluding hydrogens is 366 g/mol. The van der Waals surface area contributed by atoms with Crippen LogP contribution in [-0.4, -0.2) is 29.8 Å². The van der Waals surface area contributed by atoms with Crippen LogP contribution in [0.25, 0.3) is 11.3 Å². The third-order valence-corrected chi connectivity index (χ3v) is 4.54. The van der Waals surface area contributed by atoms with Crippen molar-refractivity contribution in [2.75, 3.05) is 30.9 Å². The summed E-state index contributed by atoms with van der Waals surface area (Å²) in [5.41, 5.74) is 11.2. The fourth-order valence-electron chi connectivity index (χ4n) is 2.84. The van der Waals surface area contributed by atoms with Crippen LogP contribution in [0.3, 0.4) is 0 Å². The number of aromatic nitrogens is 2. The van der Waals surface area contributed by atoms with E-state index in [9.17, 15) is 0 Å². The van der Waals surface area contributed by atoms with Crippen LogP contribution in [-0.2, 0) is 16.4 Å². The van der Waals surface area contributed by atoms with Crippen molar-refractivity contribution < 1.29 is 9.78 Å². The number of hydrogen-bond donors (Lipinski definition) is 3. The third kappa shape index (κ3) is 6.25. The highest BCUT2D eigenvalue weighted by molar-refractivity contribution is 5.68. The molecule has 0 atom stereocenters. The van der Waals surface area contributed by atoms with E-state index in [1.54, 1.807) is 0 Å². The van der Waals surface area contributed by atoms with Crippen LogP contribution >= 0.6 is 0 Å².